The fraction of sp³-hybridized carbons (Fsp3) is 0.667. The van der Waals surface area contributed by atoms with E-state index in [0.717, 1.165) is 12.3 Å². The normalized spacial score (nSPS) is 29.2. The molecular weight excluding hydrogens is 421 g/mol. The molecule has 1 aromatic rings. The summed E-state index contributed by atoms with van der Waals surface area (Å²) in [6.45, 7) is 5.86. The minimum absolute atomic E-state index is 0.0606. The van der Waals surface area contributed by atoms with Gasteiger partial charge >= 0.3 is 12.1 Å². The number of rotatable bonds is 5. The Bertz CT molecular complexity index is 897. The largest absolute Gasteiger partial charge is 0.478 e. The van der Waals surface area contributed by atoms with Gasteiger partial charge in [0.05, 0.1) is 17.0 Å². The Labute approximate surface area is 186 Å². The Morgan fingerprint density at radius 2 is 1.97 bits per heavy atom. The second-order valence-electron chi connectivity index (χ2n) is 10.3. The highest BCUT2D eigenvalue weighted by Gasteiger charge is 2.54. The molecule has 4 atom stereocenters. The molecule has 3 saturated carbocycles. The number of halogens is 3. The van der Waals surface area contributed by atoms with Crippen molar-refractivity contribution in [1.82, 2.24) is 5.32 Å². The third-order valence-corrected chi connectivity index (χ3v) is 8.22. The van der Waals surface area contributed by atoms with Gasteiger partial charge in [-0.2, -0.15) is 13.2 Å². The molecule has 8 heteroatoms. The van der Waals surface area contributed by atoms with E-state index in [-0.39, 0.29) is 24.1 Å². The zero-order chi connectivity index (χ0) is 23.3. The summed E-state index contributed by atoms with van der Waals surface area (Å²) in [5, 5.41) is 12.2. The number of amides is 1. The van der Waals surface area contributed by atoms with Crippen molar-refractivity contribution in [1.29, 1.82) is 0 Å². The summed E-state index contributed by atoms with van der Waals surface area (Å²) in [6.07, 6.45) is 0.131. The number of nitrogens with zero attached hydrogens (tertiary/aromatic N) is 1. The molecule has 0 radical (unpaired) electrons. The number of fused-ring (bicyclic) bond motifs is 2. The van der Waals surface area contributed by atoms with Crippen molar-refractivity contribution in [2.24, 2.45) is 29.1 Å². The van der Waals surface area contributed by atoms with Gasteiger partial charge in [0.25, 0.3) is 0 Å². The van der Waals surface area contributed by atoms with E-state index in [1.54, 1.807) is 4.90 Å². The number of carbonyl (C=O) groups is 2. The van der Waals surface area contributed by atoms with Crippen molar-refractivity contribution in [2.45, 2.75) is 52.1 Å². The van der Waals surface area contributed by atoms with Gasteiger partial charge < -0.3 is 15.3 Å². The monoisotopic (exact) mass is 452 g/mol. The fourth-order valence-electron chi connectivity index (χ4n) is 6.16. The molecule has 5 nitrogen and oxygen atoms in total. The highest BCUT2D eigenvalue weighted by molar-refractivity contribution is 5.88. The number of benzene rings is 1. The maximum absolute atomic E-state index is 13.6. The summed E-state index contributed by atoms with van der Waals surface area (Å²) in [6, 6.07) is 3.08. The van der Waals surface area contributed by atoms with Crippen molar-refractivity contribution in [3.8, 4) is 0 Å². The number of piperidine rings is 1. The van der Waals surface area contributed by atoms with Crippen LogP contribution < -0.4 is 10.2 Å². The lowest BCUT2D eigenvalue weighted by molar-refractivity contribution is -0.137. The van der Waals surface area contributed by atoms with Crippen molar-refractivity contribution in [3.63, 3.8) is 0 Å². The van der Waals surface area contributed by atoms with Gasteiger partial charge in [-0.25, -0.2) is 4.79 Å². The van der Waals surface area contributed by atoms with Crippen LogP contribution in [0.1, 0.15) is 61.9 Å². The van der Waals surface area contributed by atoms with Crippen LogP contribution in [0.4, 0.5) is 18.9 Å². The smallest absolute Gasteiger partial charge is 0.418 e. The highest BCUT2D eigenvalue weighted by atomic mass is 19.4. The number of aromatic carboxylic acids is 1. The molecule has 0 unspecified atom stereocenters. The number of carboxylic acids is 1. The minimum Gasteiger partial charge on any atom is -0.478 e. The van der Waals surface area contributed by atoms with Gasteiger partial charge in [0.15, 0.2) is 0 Å². The molecule has 4 aliphatic rings. The van der Waals surface area contributed by atoms with Gasteiger partial charge in [-0.05, 0) is 73.5 Å². The Kier molecular flexibility index (Phi) is 5.92. The Morgan fingerprint density at radius 1 is 1.22 bits per heavy atom. The molecule has 176 valence electrons. The number of anilines is 1. The zero-order valence-corrected chi connectivity index (χ0v) is 18.5. The number of nitrogens with one attached hydrogen (secondary N) is 1. The number of carbonyl (C=O) groups excluding carboxylic acids is 1. The Morgan fingerprint density at radius 3 is 2.59 bits per heavy atom. The van der Waals surface area contributed by atoms with Crippen molar-refractivity contribution < 1.29 is 27.9 Å². The van der Waals surface area contributed by atoms with Gasteiger partial charge in [0, 0.05) is 25.3 Å². The van der Waals surface area contributed by atoms with Gasteiger partial charge in [-0.1, -0.05) is 13.8 Å². The second-order valence-corrected chi connectivity index (χ2v) is 10.3. The average Bonchev–Trinajstić information content (AvgIpc) is 2.76. The van der Waals surface area contributed by atoms with Crippen LogP contribution in [-0.2, 0) is 11.0 Å². The lowest BCUT2D eigenvalue weighted by atomic mass is 9.45. The average molecular weight is 453 g/mol. The summed E-state index contributed by atoms with van der Waals surface area (Å²) in [5.41, 5.74) is -1.09. The summed E-state index contributed by atoms with van der Waals surface area (Å²) >= 11 is 0. The lowest BCUT2D eigenvalue weighted by Crippen LogP contribution is -2.55. The van der Waals surface area contributed by atoms with Crippen molar-refractivity contribution in [2.75, 3.05) is 24.5 Å². The topological polar surface area (TPSA) is 69.6 Å². The van der Waals surface area contributed by atoms with Crippen LogP contribution >= 0.6 is 0 Å². The summed E-state index contributed by atoms with van der Waals surface area (Å²) < 4.78 is 40.9. The Balaban J connectivity index is 1.42. The van der Waals surface area contributed by atoms with Gasteiger partial charge in [-0.15, -0.1) is 0 Å². The first-order chi connectivity index (χ1) is 15.0. The molecule has 0 aromatic heterocycles. The number of carboxylic acid groups (broad SMARTS) is 1. The van der Waals surface area contributed by atoms with E-state index in [1.807, 2.05) is 0 Å². The quantitative estimate of drug-likeness (QED) is 0.673. The maximum Gasteiger partial charge on any atom is 0.418 e. The van der Waals surface area contributed by atoms with E-state index in [0.29, 0.717) is 49.2 Å². The van der Waals surface area contributed by atoms with E-state index < -0.39 is 23.3 Å². The number of alkyl halides is 3. The van der Waals surface area contributed by atoms with Gasteiger partial charge in [0.2, 0.25) is 5.91 Å². The fourth-order valence-corrected chi connectivity index (χ4v) is 6.16. The van der Waals surface area contributed by atoms with E-state index >= 15 is 0 Å². The molecule has 2 bridgehead atoms. The number of hydrogen-bond donors (Lipinski definition) is 2. The molecule has 4 fully saturated rings. The molecule has 32 heavy (non-hydrogen) atoms. The standard InChI is InChI=1S/C24H31F3N2O3/c1-23(2)17-7-5-15(18(23)11-17)12-28-21(30)16-4-3-9-29(13-16)20-8-6-14(22(31)32)10-19(20)24(25,26)27/h6,8,10,15-18H,3-5,7,9,11-13H2,1-2H3,(H,28,30)(H,31,32)/t15-,16+,17-,18-/m0/s1. The first-order valence-corrected chi connectivity index (χ1v) is 11.5. The molecule has 3 aliphatic carbocycles. The third-order valence-electron chi connectivity index (χ3n) is 8.22. The Hall–Kier alpha value is -2.25. The molecule has 1 aliphatic heterocycles. The molecule has 1 heterocycles. The predicted molar refractivity (Wildman–Crippen MR) is 114 cm³/mol. The van der Waals surface area contributed by atoms with Crippen LogP contribution in [0.3, 0.4) is 0 Å². The molecule has 2 N–H and O–H groups in total. The van der Waals surface area contributed by atoms with Crippen LogP contribution in [-0.4, -0.2) is 36.6 Å². The second kappa shape index (κ2) is 8.27. The van der Waals surface area contributed by atoms with E-state index in [2.05, 4.69) is 19.2 Å². The number of hydrogen-bond acceptors (Lipinski definition) is 3. The van der Waals surface area contributed by atoms with E-state index in [4.69, 9.17) is 5.11 Å². The predicted octanol–water partition coefficient (Wildman–Crippen LogP) is 4.81. The first kappa shape index (κ1) is 22.9. The molecular formula is C24H31F3N2O3. The molecule has 5 rings (SSSR count). The van der Waals surface area contributed by atoms with Crippen LogP contribution in [0.2, 0.25) is 0 Å². The zero-order valence-electron chi connectivity index (χ0n) is 18.5. The van der Waals surface area contributed by atoms with E-state index in [1.165, 1.54) is 25.0 Å². The minimum atomic E-state index is -4.68. The third kappa shape index (κ3) is 4.20. The van der Waals surface area contributed by atoms with Crippen LogP contribution in [0.25, 0.3) is 0 Å². The van der Waals surface area contributed by atoms with Crippen molar-refractivity contribution in [3.05, 3.63) is 29.3 Å². The molecule has 1 saturated heterocycles. The first-order valence-electron chi connectivity index (χ1n) is 11.5. The summed E-state index contributed by atoms with van der Waals surface area (Å²) in [4.78, 5) is 25.6. The SMILES string of the molecule is CC1(C)[C@H]2CC[C@@H](CNC(=O)[C@@H]3CCCN(c4ccc(C(=O)O)cc4C(F)(F)F)C3)[C@@H]1C2. The highest BCUT2D eigenvalue weighted by Crippen LogP contribution is 2.61. The van der Waals surface area contributed by atoms with Gasteiger partial charge in [0.1, 0.15) is 0 Å². The van der Waals surface area contributed by atoms with E-state index in [9.17, 15) is 22.8 Å². The van der Waals surface area contributed by atoms with Crippen molar-refractivity contribution >= 4 is 17.6 Å². The molecule has 1 aromatic carbocycles. The lowest BCUT2D eigenvalue weighted by Gasteiger charge is -2.60. The van der Waals surface area contributed by atoms with Crippen LogP contribution in [0.15, 0.2) is 18.2 Å². The van der Waals surface area contributed by atoms with Crippen LogP contribution in [0, 0.1) is 29.1 Å². The maximum atomic E-state index is 13.6. The van der Waals surface area contributed by atoms with Crippen LogP contribution in [0.5, 0.6) is 0 Å². The molecule has 0 spiro atoms. The summed E-state index contributed by atoms with van der Waals surface area (Å²) in [5.74, 6) is 0.0215. The van der Waals surface area contributed by atoms with Gasteiger partial charge in [-0.3, -0.25) is 4.79 Å². The summed E-state index contributed by atoms with van der Waals surface area (Å²) in [7, 11) is 0. The molecule has 1 amide bonds.